The number of piperidine rings is 1. The van der Waals surface area contributed by atoms with Crippen LogP contribution in [0.1, 0.15) is 43.2 Å². The van der Waals surface area contributed by atoms with E-state index in [-0.39, 0.29) is 11.9 Å². The quantitative estimate of drug-likeness (QED) is 0.864. The molecule has 4 aliphatic rings. The highest BCUT2D eigenvalue weighted by Crippen LogP contribution is 2.54. The highest BCUT2D eigenvalue weighted by atomic mass is 16.5. The van der Waals surface area contributed by atoms with Gasteiger partial charge in [-0.05, 0) is 67.8 Å². The molecule has 2 aliphatic heterocycles. The summed E-state index contributed by atoms with van der Waals surface area (Å²) in [7, 11) is 1.68. The first kappa shape index (κ1) is 16.6. The van der Waals surface area contributed by atoms with Gasteiger partial charge >= 0.3 is 0 Å². The Labute approximate surface area is 154 Å². The van der Waals surface area contributed by atoms with Crippen molar-refractivity contribution in [2.75, 3.05) is 26.7 Å². The molecule has 1 aromatic carbocycles. The molecule has 2 heterocycles. The topological polar surface area (TPSA) is 61.8 Å². The number of ether oxygens (including phenoxy) is 1. The number of benzene rings is 1. The molecule has 0 aromatic heterocycles. The first-order valence-corrected chi connectivity index (χ1v) is 9.96. The third-order valence-corrected chi connectivity index (χ3v) is 7.40. The third-order valence-electron chi connectivity index (χ3n) is 7.40. The summed E-state index contributed by atoms with van der Waals surface area (Å²) in [5.41, 5.74) is 1.21. The smallest absolute Gasteiger partial charge is 0.220 e. The number of carbonyl (C=O) groups excluding carboxylic acids is 1. The fourth-order valence-corrected chi connectivity index (χ4v) is 5.74. The fourth-order valence-electron chi connectivity index (χ4n) is 5.74. The molecule has 2 N–H and O–H groups in total. The second kappa shape index (κ2) is 5.70. The van der Waals surface area contributed by atoms with E-state index in [1.54, 1.807) is 7.11 Å². The van der Waals surface area contributed by atoms with Crippen molar-refractivity contribution >= 4 is 5.91 Å². The maximum atomic E-state index is 12.2. The van der Waals surface area contributed by atoms with Crippen molar-refractivity contribution in [1.29, 1.82) is 0 Å². The van der Waals surface area contributed by atoms with E-state index in [0.717, 1.165) is 37.6 Å². The molecule has 0 radical (unpaired) electrons. The van der Waals surface area contributed by atoms with Gasteiger partial charge < -0.3 is 15.2 Å². The summed E-state index contributed by atoms with van der Waals surface area (Å²) in [5, 5.41) is 15.2. The summed E-state index contributed by atoms with van der Waals surface area (Å²) < 4.78 is 5.48. The Morgan fingerprint density at radius 1 is 1.35 bits per heavy atom. The second-order valence-corrected chi connectivity index (χ2v) is 8.71. The molecule has 3 fully saturated rings. The summed E-state index contributed by atoms with van der Waals surface area (Å²) in [6.45, 7) is 2.61. The van der Waals surface area contributed by atoms with Crippen molar-refractivity contribution < 1.29 is 14.6 Å². The van der Waals surface area contributed by atoms with Gasteiger partial charge in [-0.2, -0.15) is 0 Å². The van der Waals surface area contributed by atoms with Gasteiger partial charge in [-0.1, -0.05) is 6.07 Å². The first-order chi connectivity index (χ1) is 12.6. The van der Waals surface area contributed by atoms with Gasteiger partial charge in [0.15, 0.2) is 0 Å². The zero-order chi connectivity index (χ0) is 17.9. The Morgan fingerprint density at radius 3 is 2.96 bits per heavy atom. The Kier molecular flexibility index (Phi) is 3.63. The summed E-state index contributed by atoms with van der Waals surface area (Å²) in [5.74, 6) is 1.69. The zero-order valence-electron chi connectivity index (χ0n) is 15.5. The number of nitrogens with one attached hydrogen (secondary N) is 1. The van der Waals surface area contributed by atoms with Crippen molar-refractivity contribution in [1.82, 2.24) is 10.2 Å². The molecule has 140 valence electrons. The van der Waals surface area contributed by atoms with E-state index in [1.165, 1.54) is 24.0 Å². The molecule has 3 unspecified atom stereocenters. The molecule has 2 aliphatic carbocycles. The van der Waals surface area contributed by atoms with Crippen molar-refractivity contribution in [2.45, 2.75) is 55.6 Å². The average molecular weight is 356 g/mol. The van der Waals surface area contributed by atoms with E-state index in [2.05, 4.69) is 22.3 Å². The minimum Gasteiger partial charge on any atom is -0.497 e. The molecule has 3 atom stereocenters. The highest BCUT2D eigenvalue weighted by molar-refractivity contribution is 5.77. The van der Waals surface area contributed by atoms with Crippen LogP contribution in [-0.2, 0) is 16.6 Å². The monoisotopic (exact) mass is 356 g/mol. The molecule has 1 aromatic rings. The number of nitrogens with zero attached hydrogens (tertiary/aromatic N) is 1. The molecule has 1 saturated carbocycles. The van der Waals surface area contributed by atoms with Gasteiger partial charge in [-0.15, -0.1) is 0 Å². The van der Waals surface area contributed by atoms with Crippen LogP contribution in [0.4, 0.5) is 0 Å². The molecule has 5 nitrogen and oxygen atoms in total. The fraction of sp³-hybridized carbons (Fsp3) is 0.667. The van der Waals surface area contributed by atoms with Gasteiger partial charge in [0.05, 0.1) is 12.7 Å². The van der Waals surface area contributed by atoms with Crippen LogP contribution in [0.5, 0.6) is 5.75 Å². The molecule has 1 amide bonds. The Hall–Kier alpha value is -1.59. The van der Waals surface area contributed by atoms with Crippen LogP contribution in [0.15, 0.2) is 18.2 Å². The van der Waals surface area contributed by atoms with Gasteiger partial charge in [0.2, 0.25) is 5.91 Å². The lowest BCUT2D eigenvalue weighted by Crippen LogP contribution is -2.73. The lowest BCUT2D eigenvalue weighted by atomic mass is 9.53. The standard InChI is InChI=1S/C21H28N2O3/c1-26-16-5-4-15-10-18-21(25)7-6-19(24)22-13-20(21,17(15)11-16)8-9-23(18)12-14-2-3-14/h4-5,11,14,18,25H,2-3,6-10,12-13H2,1H3,(H,22,24). The van der Waals surface area contributed by atoms with Crippen LogP contribution in [0.25, 0.3) is 0 Å². The number of likely N-dealkylation sites (tertiary alicyclic amines) is 1. The summed E-state index contributed by atoms with van der Waals surface area (Å²) in [6.07, 6.45) is 5.33. The van der Waals surface area contributed by atoms with Crippen molar-refractivity contribution in [3.05, 3.63) is 29.3 Å². The molecule has 5 rings (SSSR count). The summed E-state index contributed by atoms with van der Waals surface area (Å²) in [4.78, 5) is 14.7. The number of hydrogen-bond acceptors (Lipinski definition) is 4. The van der Waals surface area contributed by atoms with Crippen LogP contribution >= 0.6 is 0 Å². The maximum absolute atomic E-state index is 12.2. The van der Waals surface area contributed by atoms with E-state index >= 15 is 0 Å². The van der Waals surface area contributed by atoms with Gasteiger partial charge in [0.1, 0.15) is 5.75 Å². The number of fused-ring (bicyclic) bond motifs is 1. The lowest BCUT2D eigenvalue weighted by Gasteiger charge is -2.61. The van der Waals surface area contributed by atoms with E-state index in [4.69, 9.17) is 4.74 Å². The number of rotatable bonds is 3. The average Bonchev–Trinajstić information content (AvgIpc) is 3.46. The number of amides is 1. The molecule has 2 bridgehead atoms. The van der Waals surface area contributed by atoms with Crippen molar-refractivity contribution in [2.24, 2.45) is 5.92 Å². The molecule has 5 heteroatoms. The number of methoxy groups -OCH3 is 1. The van der Waals surface area contributed by atoms with Crippen LogP contribution in [0, 0.1) is 5.92 Å². The van der Waals surface area contributed by atoms with E-state index in [0.29, 0.717) is 19.4 Å². The van der Waals surface area contributed by atoms with Crippen LogP contribution in [0.2, 0.25) is 0 Å². The number of aliphatic hydroxyl groups is 1. The van der Waals surface area contributed by atoms with Crippen LogP contribution in [-0.4, -0.2) is 54.3 Å². The van der Waals surface area contributed by atoms with Gasteiger partial charge in [-0.3, -0.25) is 9.69 Å². The normalized spacial score (nSPS) is 36.5. The van der Waals surface area contributed by atoms with Gasteiger partial charge in [0, 0.05) is 31.0 Å². The van der Waals surface area contributed by atoms with Crippen molar-refractivity contribution in [3.63, 3.8) is 0 Å². The third kappa shape index (κ3) is 2.26. The Bertz CT molecular complexity index is 747. The second-order valence-electron chi connectivity index (χ2n) is 8.71. The minimum absolute atomic E-state index is 0.0611. The largest absolute Gasteiger partial charge is 0.497 e. The molecule has 2 saturated heterocycles. The predicted octanol–water partition coefficient (Wildman–Crippen LogP) is 1.61. The predicted molar refractivity (Wildman–Crippen MR) is 98.3 cm³/mol. The van der Waals surface area contributed by atoms with E-state index in [1.807, 2.05) is 6.07 Å². The molecular weight excluding hydrogens is 328 g/mol. The highest BCUT2D eigenvalue weighted by Gasteiger charge is 2.63. The van der Waals surface area contributed by atoms with Crippen LogP contribution in [0.3, 0.4) is 0 Å². The molecular formula is C21H28N2O3. The summed E-state index contributed by atoms with van der Waals surface area (Å²) >= 11 is 0. The molecule has 0 spiro atoms. The maximum Gasteiger partial charge on any atom is 0.220 e. The van der Waals surface area contributed by atoms with Crippen molar-refractivity contribution in [3.8, 4) is 5.75 Å². The Morgan fingerprint density at radius 2 is 2.19 bits per heavy atom. The van der Waals surface area contributed by atoms with E-state index in [9.17, 15) is 9.90 Å². The first-order valence-electron chi connectivity index (χ1n) is 9.96. The summed E-state index contributed by atoms with van der Waals surface area (Å²) in [6, 6.07) is 6.39. The SMILES string of the molecule is COc1ccc2c(c1)C13CCN(CC4CC4)C(C2)C1(O)CCC(=O)NC3. The minimum atomic E-state index is -0.862. The zero-order valence-corrected chi connectivity index (χ0v) is 15.5. The van der Waals surface area contributed by atoms with Gasteiger partial charge in [-0.25, -0.2) is 0 Å². The lowest BCUT2D eigenvalue weighted by molar-refractivity contribution is -0.147. The number of hydrogen-bond donors (Lipinski definition) is 2. The molecule has 26 heavy (non-hydrogen) atoms. The number of carbonyl (C=O) groups is 1. The van der Waals surface area contributed by atoms with E-state index < -0.39 is 11.0 Å². The van der Waals surface area contributed by atoms with Gasteiger partial charge in [0.25, 0.3) is 0 Å². The van der Waals surface area contributed by atoms with Crippen LogP contribution < -0.4 is 10.1 Å². The Balaban J connectivity index is 1.65.